The minimum Gasteiger partial charge on any atom is -0.497 e. The summed E-state index contributed by atoms with van der Waals surface area (Å²) in [4.78, 5) is 8.41. The van der Waals surface area contributed by atoms with Crippen molar-refractivity contribution in [3.05, 3.63) is 64.3 Å². The molecule has 0 aliphatic carbocycles. The highest BCUT2D eigenvalue weighted by Gasteiger charge is 2.13. The Hall–Kier alpha value is -2.41. The third-order valence-corrected chi connectivity index (χ3v) is 6.03. The van der Waals surface area contributed by atoms with Gasteiger partial charge in [0, 0.05) is 37.1 Å². The van der Waals surface area contributed by atoms with Crippen LogP contribution in [0.25, 0.3) is 11.3 Å². The molecule has 6 heteroatoms. The summed E-state index contributed by atoms with van der Waals surface area (Å²) in [5.41, 5.74) is 4.54. The van der Waals surface area contributed by atoms with Crippen LogP contribution in [0.2, 0.25) is 0 Å². The number of thiazole rings is 1. The van der Waals surface area contributed by atoms with Crippen LogP contribution in [0.1, 0.15) is 5.56 Å². The van der Waals surface area contributed by atoms with Gasteiger partial charge in [0.1, 0.15) is 5.75 Å². The summed E-state index contributed by atoms with van der Waals surface area (Å²) in [5, 5.41) is 2.20. The van der Waals surface area contributed by atoms with Crippen LogP contribution in [0.4, 0.5) is 5.69 Å². The number of hydrogen-bond acceptors (Lipinski definition) is 5. The highest BCUT2D eigenvalue weighted by atomic mass is 32.1. The fraction of sp³-hybridized carbons (Fsp3) is 0.348. The summed E-state index contributed by atoms with van der Waals surface area (Å²) in [6.45, 7) is 7.58. The van der Waals surface area contributed by atoms with Gasteiger partial charge in [-0.1, -0.05) is 29.8 Å². The largest absolute Gasteiger partial charge is 0.497 e. The first-order valence-corrected chi connectivity index (χ1v) is 10.8. The third kappa shape index (κ3) is 4.96. The Morgan fingerprint density at radius 1 is 1.07 bits per heavy atom. The third-order valence-electron chi connectivity index (χ3n) is 5.17. The molecule has 0 N–H and O–H groups in total. The van der Waals surface area contributed by atoms with E-state index in [9.17, 15) is 0 Å². The molecule has 4 rings (SSSR count). The van der Waals surface area contributed by atoms with Crippen molar-refractivity contribution in [1.29, 1.82) is 0 Å². The standard InChI is InChI=1S/C23H27N3O2S/c1-18-6-8-20(9-7-18)24-23-26(11-10-25-12-14-28-15-13-25)22(17-29-23)19-4-3-5-21(16-19)27-2/h3-9,16-17H,10-15H2,1-2H3. The predicted molar refractivity (Wildman–Crippen MR) is 118 cm³/mol. The maximum atomic E-state index is 5.49. The Bertz CT molecular complexity index is 1000. The van der Waals surface area contributed by atoms with Gasteiger partial charge in [-0.2, -0.15) is 0 Å². The smallest absolute Gasteiger partial charge is 0.190 e. The molecule has 1 fully saturated rings. The van der Waals surface area contributed by atoms with Crippen molar-refractivity contribution >= 4 is 17.0 Å². The Morgan fingerprint density at radius 3 is 2.62 bits per heavy atom. The average molecular weight is 410 g/mol. The summed E-state index contributed by atoms with van der Waals surface area (Å²) < 4.78 is 13.3. The minimum atomic E-state index is 0.817. The van der Waals surface area contributed by atoms with Crippen molar-refractivity contribution in [1.82, 2.24) is 9.47 Å². The van der Waals surface area contributed by atoms with Crippen molar-refractivity contribution < 1.29 is 9.47 Å². The molecule has 0 spiro atoms. The predicted octanol–water partition coefficient (Wildman–Crippen LogP) is 4.10. The SMILES string of the molecule is COc1cccc(-c2csc(=Nc3ccc(C)cc3)n2CCN2CCOCC2)c1. The fourth-order valence-electron chi connectivity index (χ4n) is 3.44. The maximum Gasteiger partial charge on any atom is 0.190 e. The normalized spacial score (nSPS) is 15.6. The van der Waals surface area contributed by atoms with E-state index in [0.717, 1.165) is 61.2 Å². The average Bonchev–Trinajstić information content (AvgIpc) is 3.17. The maximum absolute atomic E-state index is 5.49. The molecule has 0 amide bonds. The van der Waals surface area contributed by atoms with Gasteiger partial charge in [0.15, 0.2) is 4.80 Å². The Kier molecular flexibility index (Phi) is 6.44. The summed E-state index contributed by atoms with van der Waals surface area (Å²) >= 11 is 1.68. The van der Waals surface area contributed by atoms with Gasteiger partial charge in [-0.05, 0) is 31.2 Å². The van der Waals surface area contributed by atoms with Crippen LogP contribution >= 0.6 is 11.3 Å². The molecule has 1 aliphatic heterocycles. The van der Waals surface area contributed by atoms with E-state index < -0.39 is 0 Å². The molecule has 1 saturated heterocycles. The van der Waals surface area contributed by atoms with Crippen LogP contribution in [0, 0.1) is 6.92 Å². The van der Waals surface area contributed by atoms with E-state index in [0.29, 0.717) is 0 Å². The first-order chi connectivity index (χ1) is 14.2. The number of morpholine rings is 1. The van der Waals surface area contributed by atoms with Crippen LogP contribution in [-0.2, 0) is 11.3 Å². The van der Waals surface area contributed by atoms with E-state index in [-0.39, 0.29) is 0 Å². The second kappa shape index (κ2) is 9.39. The van der Waals surface area contributed by atoms with E-state index in [4.69, 9.17) is 14.5 Å². The second-order valence-electron chi connectivity index (χ2n) is 7.19. The molecule has 1 aliphatic rings. The number of aromatic nitrogens is 1. The number of ether oxygens (including phenoxy) is 2. The molecule has 2 heterocycles. The number of rotatable bonds is 6. The van der Waals surface area contributed by atoms with E-state index >= 15 is 0 Å². The Balaban J connectivity index is 1.70. The van der Waals surface area contributed by atoms with E-state index in [1.165, 1.54) is 11.3 Å². The first-order valence-electron chi connectivity index (χ1n) is 9.97. The molecule has 5 nitrogen and oxygen atoms in total. The van der Waals surface area contributed by atoms with E-state index in [1.807, 2.05) is 12.1 Å². The quantitative estimate of drug-likeness (QED) is 0.615. The van der Waals surface area contributed by atoms with Crippen molar-refractivity contribution in [3.8, 4) is 17.0 Å². The second-order valence-corrected chi connectivity index (χ2v) is 8.03. The number of methoxy groups -OCH3 is 1. The summed E-state index contributed by atoms with van der Waals surface area (Å²) in [6.07, 6.45) is 0. The molecule has 0 saturated carbocycles. The van der Waals surface area contributed by atoms with Crippen molar-refractivity contribution in [2.24, 2.45) is 4.99 Å². The van der Waals surface area contributed by atoms with Crippen LogP contribution in [0.5, 0.6) is 5.75 Å². The van der Waals surface area contributed by atoms with Gasteiger partial charge in [-0.15, -0.1) is 11.3 Å². The molecule has 1 aromatic heterocycles. The number of benzene rings is 2. The van der Waals surface area contributed by atoms with Crippen molar-refractivity contribution in [3.63, 3.8) is 0 Å². The molecule has 0 atom stereocenters. The molecule has 0 unspecified atom stereocenters. The zero-order chi connectivity index (χ0) is 20.1. The monoisotopic (exact) mass is 409 g/mol. The topological polar surface area (TPSA) is 39.0 Å². The zero-order valence-corrected chi connectivity index (χ0v) is 17.8. The van der Waals surface area contributed by atoms with Gasteiger partial charge in [-0.25, -0.2) is 4.99 Å². The van der Waals surface area contributed by atoms with E-state index in [2.05, 4.69) is 58.2 Å². The van der Waals surface area contributed by atoms with Crippen LogP contribution in [0.3, 0.4) is 0 Å². The van der Waals surface area contributed by atoms with Gasteiger partial charge in [0.25, 0.3) is 0 Å². The number of aryl methyl sites for hydroxylation is 1. The van der Waals surface area contributed by atoms with Crippen LogP contribution in [0.15, 0.2) is 58.9 Å². The molecular weight excluding hydrogens is 382 g/mol. The lowest BCUT2D eigenvalue weighted by Crippen LogP contribution is -2.39. The van der Waals surface area contributed by atoms with E-state index in [1.54, 1.807) is 18.4 Å². The van der Waals surface area contributed by atoms with Gasteiger partial charge >= 0.3 is 0 Å². The molecule has 0 radical (unpaired) electrons. The van der Waals surface area contributed by atoms with Gasteiger partial charge in [0.2, 0.25) is 0 Å². The molecule has 2 aromatic carbocycles. The van der Waals surface area contributed by atoms with Gasteiger partial charge in [-0.3, -0.25) is 4.90 Å². The number of nitrogens with zero attached hydrogens (tertiary/aromatic N) is 3. The Morgan fingerprint density at radius 2 is 1.86 bits per heavy atom. The lowest BCUT2D eigenvalue weighted by atomic mass is 10.1. The highest BCUT2D eigenvalue weighted by molar-refractivity contribution is 7.07. The first kappa shape index (κ1) is 19.9. The van der Waals surface area contributed by atoms with Crippen molar-refractivity contribution in [2.45, 2.75) is 13.5 Å². The lowest BCUT2D eigenvalue weighted by molar-refractivity contribution is 0.0363. The molecule has 0 bridgehead atoms. The van der Waals surface area contributed by atoms with Gasteiger partial charge < -0.3 is 14.0 Å². The molecule has 152 valence electrons. The lowest BCUT2D eigenvalue weighted by Gasteiger charge is -2.26. The molecular formula is C23H27N3O2S. The highest BCUT2D eigenvalue weighted by Crippen LogP contribution is 2.25. The van der Waals surface area contributed by atoms with Crippen molar-refractivity contribution in [2.75, 3.05) is 40.0 Å². The van der Waals surface area contributed by atoms with Crippen LogP contribution in [-0.4, -0.2) is 49.4 Å². The Labute approximate surface area is 175 Å². The fourth-order valence-corrected chi connectivity index (χ4v) is 4.40. The summed E-state index contributed by atoms with van der Waals surface area (Å²) in [6, 6.07) is 16.6. The molecule has 29 heavy (non-hydrogen) atoms. The number of hydrogen-bond donors (Lipinski definition) is 0. The minimum absolute atomic E-state index is 0.817. The van der Waals surface area contributed by atoms with Gasteiger partial charge in [0.05, 0.1) is 31.7 Å². The van der Waals surface area contributed by atoms with Crippen LogP contribution < -0.4 is 9.54 Å². The molecule has 3 aromatic rings. The summed E-state index contributed by atoms with van der Waals surface area (Å²) in [7, 11) is 1.71. The summed E-state index contributed by atoms with van der Waals surface area (Å²) in [5.74, 6) is 0.866. The zero-order valence-electron chi connectivity index (χ0n) is 17.0.